The summed E-state index contributed by atoms with van der Waals surface area (Å²) in [6.07, 6.45) is 5.84. The van der Waals surface area contributed by atoms with E-state index in [1.807, 2.05) is 18.7 Å². The molecule has 30 heavy (non-hydrogen) atoms. The number of allylic oxidation sites excluding steroid dienone is 1. The Morgan fingerprint density at radius 3 is 2.73 bits per heavy atom. The van der Waals surface area contributed by atoms with Gasteiger partial charge in [0.05, 0.1) is 17.6 Å². The summed E-state index contributed by atoms with van der Waals surface area (Å²) in [5.41, 5.74) is 0.791. The summed E-state index contributed by atoms with van der Waals surface area (Å²) in [6, 6.07) is 2.84. The van der Waals surface area contributed by atoms with Crippen molar-refractivity contribution in [2.75, 3.05) is 25.0 Å². The summed E-state index contributed by atoms with van der Waals surface area (Å²) in [6.45, 7) is 14.6. The predicted octanol–water partition coefficient (Wildman–Crippen LogP) is 4.41. The number of piperazine rings is 1. The van der Waals surface area contributed by atoms with Crippen molar-refractivity contribution in [3.63, 3.8) is 0 Å². The number of aliphatic imine (C=N–C) groups is 1. The van der Waals surface area contributed by atoms with Crippen molar-refractivity contribution in [2.45, 2.75) is 39.2 Å². The van der Waals surface area contributed by atoms with E-state index < -0.39 is 5.92 Å². The smallest absolute Gasteiger partial charge is 0.289 e. The van der Waals surface area contributed by atoms with Crippen LogP contribution in [0.25, 0.3) is 0 Å². The normalized spacial score (nSPS) is 17.9. The first-order valence-electron chi connectivity index (χ1n) is 9.91. The minimum absolute atomic E-state index is 0. The predicted molar refractivity (Wildman–Crippen MR) is 118 cm³/mol. The maximum atomic E-state index is 13.8. The van der Waals surface area contributed by atoms with Gasteiger partial charge in [0.15, 0.2) is 5.84 Å². The van der Waals surface area contributed by atoms with Gasteiger partial charge < -0.3 is 15.1 Å². The topological polar surface area (TPSA) is 60.8 Å². The summed E-state index contributed by atoms with van der Waals surface area (Å²) in [7, 11) is 0. The van der Waals surface area contributed by atoms with Crippen molar-refractivity contribution >= 4 is 17.4 Å². The molecule has 164 valence electrons. The molecule has 1 atom stereocenters. The Labute approximate surface area is 178 Å². The molecule has 1 aromatic rings. The maximum absolute atomic E-state index is 13.8. The van der Waals surface area contributed by atoms with Gasteiger partial charge in [-0.05, 0) is 32.1 Å². The Bertz CT molecular complexity index is 839. The number of pyridine rings is 1. The second kappa shape index (κ2) is 10.1. The van der Waals surface area contributed by atoms with Crippen molar-refractivity contribution < 1.29 is 15.0 Å². The zero-order chi connectivity index (χ0) is 22.3. The second-order valence-electron chi connectivity index (χ2n) is 7.06. The van der Waals surface area contributed by atoms with Crippen LogP contribution in [-0.4, -0.2) is 52.2 Å². The molecule has 0 bridgehead atoms. The number of nitrogens with zero attached hydrogens (tertiary/aromatic N) is 4. The Balaban J connectivity index is 0.00000480. The fourth-order valence-electron chi connectivity index (χ4n) is 3.19. The number of anilines is 1. The molecule has 1 N–H and O–H groups in total. The largest absolute Gasteiger partial charge is 0.352 e. The molecule has 2 rings (SSSR count). The van der Waals surface area contributed by atoms with Gasteiger partial charge in [-0.15, -0.1) is 0 Å². The van der Waals surface area contributed by atoms with Gasteiger partial charge in [0.2, 0.25) is 5.91 Å². The van der Waals surface area contributed by atoms with E-state index in [0.717, 1.165) is 0 Å². The zero-order valence-electron chi connectivity index (χ0n) is 17.7. The number of hydrogen-bond donors (Lipinski definition) is 1. The summed E-state index contributed by atoms with van der Waals surface area (Å²) in [5, 5.41) is 3.10. The highest BCUT2D eigenvalue weighted by Gasteiger charge is 2.31. The van der Waals surface area contributed by atoms with Crippen LogP contribution in [0.2, 0.25) is 0 Å². The monoisotopic (exact) mass is 419 g/mol. The van der Waals surface area contributed by atoms with E-state index in [4.69, 9.17) is 0 Å². The lowest BCUT2D eigenvalue weighted by molar-refractivity contribution is -0.129. The molecule has 0 aliphatic carbocycles. The zero-order valence-corrected chi connectivity index (χ0v) is 17.7. The molecule has 0 saturated carbocycles. The standard InChI is InChI=1S/C22H29F2N5O.H2/c1-6-11-25-21(28-12-13-29(16(4)15-28)20(30)7-2)17(5)27-18-9-10-19(26-14-18)22(23,24)8-3;/h6-7,9-11,14,16,27H,2,5,8,12-13,15H2,1,3-4H3;1H/b11-6-,25-21?;/t16-;/m1./s1. The molecule has 2 heterocycles. The molecular weight excluding hydrogens is 388 g/mol. The number of halogens is 2. The van der Waals surface area contributed by atoms with Crippen molar-refractivity contribution in [1.82, 2.24) is 14.8 Å². The van der Waals surface area contributed by atoms with Crippen LogP contribution in [0.3, 0.4) is 0 Å². The Morgan fingerprint density at radius 1 is 1.47 bits per heavy atom. The van der Waals surface area contributed by atoms with Crippen LogP contribution in [0, 0.1) is 0 Å². The number of nitrogens with one attached hydrogen (secondary N) is 1. The third-order valence-electron chi connectivity index (χ3n) is 4.88. The number of hydrogen-bond acceptors (Lipinski definition) is 4. The number of aromatic nitrogens is 1. The summed E-state index contributed by atoms with van der Waals surface area (Å²) < 4.78 is 27.5. The van der Waals surface area contributed by atoms with Crippen LogP contribution in [0.15, 0.2) is 60.5 Å². The maximum Gasteiger partial charge on any atom is 0.289 e. The number of rotatable bonds is 7. The van der Waals surface area contributed by atoms with Gasteiger partial charge in [0.1, 0.15) is 5.69 Å². The molecule has 6 nitrogen and oxygen atoms in total. The highest BCUT2D eigenvalue weighted by molar-refractivity contribution is 6.00. The fourth-order valence-corrected chi connectivity index (χ4v) is 3.19. The van der Waals surface area contributed by atoms with Gasteiger partial charge in [0, 0.05) is 39.7 Å². The number of amides is 1. The van der Waals surface area contributed by atoms with Gasteiger partial charge in [-0.3, -0.25) is 9.78 Å². The van der Waals surface area contributed by atoms with E-state index in [1.165, 1.54) is 25.3 Å². The lowest BCUT2D eigenvalue weighted by Gasteiger charge is -2.41. The minimum Gasteiger partial charge on any atom is -0.352 e. The molecule has 1 amide bonds. The molecule has 1 fully saturated rings. The number of alkyl halides is 2. The summed E-state index contributed by atoms with van der Waals surface area (Å²) >= 11 is 0. The third-order valence-corrected chi connectivity index (χ3v) is 4.88. The van der Waals surface area contributed by atoms with Crippen LogP contribution in [-0.2, 0) is 10.7 Å². The fraction of sp³-hybridized carbons (Fsp3) is 0.409. The Hall–Kier alpha value is -3.03. The summed E-state index contributed by atoms with van der Waals surface area (Å²) in [5.74, 6) is -2.43. The first-order valence-corrected chi connectivity index (χ1v) is 9.91. The quantitative estimate of drug-likeness (QED) is 0.404. The number of carbonyl (C=O) groups is 1. The minimum atomic E-state index is -2.95. The molecule has 0 aromatic carbocycles. The molecule has 8 heteroatoms. The van der Waals surface area contributed by atoms with E-state index in [1.54, 1.807) is 23.2 Å². The molecule has 1 aliphatic heterocycles. The molecule has 0 spiro atoms. The van der Waals surface area contributed by atoms with E-state index in [9.17, 15) is 13.6 Å². The van der Waals surface area contributed by atoms with Crippen LogP contribution in [0.1, 0.15) is 34.3 Å². The molecule has 1 saturated heterocycles. The van der Waals surface area contributed by atoms with E-state index >= 15 is 0 Å². The number of carbonyl (C=O) groups excluding carboxylic acids is 1. The van der Waals surface area contributed by atoms with E-state index in [0.29, 0.717) is 36.9 Å². The molecule has 0 radical (unpaired) electrons. The van der Waals surface area contributed by atoms with Crippen LogP contribution >= 0.6 is 0 Å². The van der Waals surface area contributed by atoms with Gasteiger partial charge in [-0.25, -0.2) is 4.99 Å². The van der Waals surface area contributed by atoms with Crippen molar-refractivity contribution in [3.05, 3.63) is 61.2 Å². The van der Waals surface area contributed by atoms with Gasteiger partial charge in [-0.1, -0.05) is 26.2 Å². The third kappa shape index (κ3) is 5.52. The van der Waals surface area contributed by atoms with Gasteiger partial charge >= 0.3 is 0 Å². The van der Waals surface area contributed by atoms with Crippen molar-refractivity contribution in [3.8, 4) is 0 Å². The highest BCUT2D eigenvalue weighted by Crippen LogP contribution is 2.30. The number of amidine groups is 1. The van der Waals surface area contributed by atoms with Crippen molar-refractivity contribution in [2.24, 2.45) is 4.99 Å². The highest BCUT2D eigenvalue weighted by atomic mass is 19.3. The average Bonchev–Trinajstić information content (AvgIpc) is 2.74. The van der Waals surface area contributed by atoms with Gasteiger partial charge in [0.25, 0.3) is 5.92 Å². The second-order valence-corrected chi connectivity index (χ2v) is 7.06. The molecular formula is C22H31F2N5O. The average molecular weight is 420 g/mol. The lowest BCUT2D eigenvalue weighted by atomic mass is 10.1. The van der Waals surface area contributed by atoms with Gasteiger partial charge in [-0.2, -0.15) is 8.78 Å². The Morgan fingerprint density at radius 2 is 2.20 bits per heavy atom. The van der Waals surface area contributed by atoms with E-state index in [2.05, 4.69) is 28.5 Å². The van der Waals surface area contributed by atoms with E-state index in [-0.39, 0.29) is 25.5 Å². The molecule has 0 unspecified atom stereocenters. The Kier molecular flexibility index (Phi) is 7.86. The lowest BCUT2D eigenvalue weighted by Crippen LogP contribution is -2.55. The summed E-state index contributed by atoms with van der Waals surface area (Å²) in [4.78, 5) is 24.2. The first kappa shape index (κ1) is 23.3. The van der Waals surface area contributed by atoms with Crippen LogP contribution < -0.4 is 5.32 Å². The van der Waals surface area contributed by atoms with Crippen LogP contribution in [0.4, 0.5) is 14.5 Å². The molecule has 1 aromatic heterocycles. The van der Waals surface area contributed by atoms with Crippen LogP contribution in [0.5, 0.6) is 0 Å². The van der Waals surface area contributed by atoms with Crippen molar-refractivity contribution in [1.29, 1.82) is 0 Å². The molecule has 1 aliphatic rings. The first-order chi connectivity index (χ1) is 14.2. The SMILES string of the molecule is C=CC(=O)N1CCN(C(=N/C=C\C)C(=C)Nc2ccc(C(F)(F)CC)nc2)C[C@H]1C.[HH].